The highest BCUT2D eigenvalue weighted by Gasteiger charge is 2.56. The summed E-state index contributed by atoms with van der Waals surface area (Å²) < 4.78 is 39.1. The first-order valence-corrected chi connectivity index (χ1v) is 12.5. The van der Waals surface area contributed by atoms with E-state index in [0.717, 1.165) is 0 Å². The molecule has 3 unspecified atom stereocenters. The molecular formula is C23H31NO4S2. The zero-order valence-electron chi connectivity index (χ0n) is 18.5. The number of benzene rings is 1. The molecule has 1 aliphatic heterocycles. The lowest BCUT2D eigenvalue weighted by Crippen LogP contribution is -2.47. The van der Waals surface area contributed by atoms with Gasteiger partial charge < -0.3 is 9.47 Å². The van der Waals surface area contributed by atoms with Crippen LogP contribution < -0.4 is 0 Å². The van der Waals surface area contributed by atoms with Gasteiger partial charge in [0.15, 0.2) is 15.6 Å². The van der Waals surface area contributed by atoms with Crippen LogP contribution in [0, 0.1) is 5.41 Å². The third kappa shape index (κ3) is 5.07. The van der Waals surface area contributed by atoms with Crippen molar-refractivity contribution in [3.05, 3.63) is 54.7 Å². The van der Waals surface area contributed by atoms with E-state index in [9.17, 15) is 8.42 Å². The van der Waals surface area contributed by atoms with E-state index in [-0.39, 0.29) is 17.9 Å². The summed E-state index contributed by atoms with van der Waals surface area (Å²) in [5.41, 5.74) is -1.00. The van der Waals surface area contributed by atoms with Crippen LogP contribution in [-0.2, 0) is 19.3 Å². The lowest BCUT2D eigenvalue weighted by atomic mass is 9.78. The van der Waals surface area contributed by atoms with E-state index in [1.54, 1.807) is 30.5 Å². The Hall–Kier alpha value is -1.41. The smallest absolute Gasteiger partial charge is 0.191 e. The van der Waals surface area contributed by atoms with Gasteiger partial charge in [-0.1, -0.05) is 56.8 Å². The predicted molar refractivity (Wildman–Crippen MR) is 120 cm³/mol. The fourth-order valence-electron chi connectivity index (χ4n) is 4.15. The molecule has 0 aliphatic carbocycles. The minimum Gasteiger partial charge on any atom is -0.344 e. The van der Waals surface area contributed by atoms with Crippen molar-refractivity contribution in [2.75, 3.05) is 0 Å². The standard InChI is InChI=1S/C23H31NO4S2/c1-21(2,3)20-23(6,28-22(4,5)27-20)16-19(29-18-14-10-11-15-24-18)30(25,26)17-12-8-7-9-13-17/h7-15,19-20H,16H2,1-6H3. The molecule has 1 aliphatic rings. The van der Waals surface area contributed by atoms with Crippen LogP contribution >= 0.6 is 11.8 Å². The molecule has 5 nitrogen and oxygen atoms in total. The van der Waals surface area contributed by atoms with Gasteiger partial charge in [0.05, 0.1) is 21.6 Å². The quantitative estimate of drug-likeness (QED) is 0.556. The summed E-state index contributed by atoms with van der Waals surface area (Å²) in [5, 5.41) is 0.663. The molecule has 0 saturated carbocycles. The lowest BCUT2D eigenvalue weighted by molar-refractivity contribution is -0.164. The van der Waals surface area contributed by atoms with Crippen LogP contribution in [0.4, 0.5) is 0 Å². The van der Waals surface area contributed by atoms with Crippen LogP contribution in [0.15, 0.2) is 64.6 Å². The third-order valence-corrected chi connectivity index (χ3v) is 8.85. The molecule has 7 heteroatoms. The number of pyridine rings is 1. The second-order valence-electron chi connectivity index (χ2n) is 9.46. The van der Waals surface area contributed by atoms with E-state index in [1.165, 1.54) is 11.8 Å². The number of ether oxygens (including phenoxy) is 2. The molecule has 164 valence electrons. The number of sulfone groups is 1. The minimum absolute atomic E-state index is 0.223. The maximum atomic E-state index is 13.6. The molecule has 0 amide bonds. The molecule has 1 saturated heterocycles. The van der Waals surface area contributed by atoms with E-state index >= 15 is 0 Å². The molecular weight excluding hydrogens is 418 g/mol. The summed E-state index contributed by atoms with van der Waals surface area (Å²) >= 11 is 1.25. The number of hydrogen-bond acceptors (Lipinski definition) is 6. The molecule has 1 fully saturated rings. The molecule has 3 rings (SSSR count). The average molecular weight is 450 g/mol. The van der Waals surface area contributed by atoms with E-state index in [1.807, 2.05) is 45.0 Å². The average Bonchev–Trinajstić information content (AvgIpc) is 2.92. The Bertz CT molecular complexity index is 956. The number of rotatable bonds is 6. The Kier molecular flexibility index (Phi) is 6.41. The van der Waals surface area contributed by atoms with E-state index in [4.69, 9.17) is 9.47 Å². The molecule has 0 spiro atoms. The molecule has 0 N–H and O–H groups in total. The summed E-state index contributed by atoms with van der Waals surface area (Å²) in [6.45, 7) is 12.0. The van der Waals surface area contributed by atoms with Crippen molar-refractivity contribution in [2.24, 2.45) is 5.41 Å². The number of thioether (sulfide) groups is 1. The molecule has 2 heterocycles. The number of aromatic nitrogens is 1. The Morgan fingerprint density at radius 2 is 1.70 bits per heavy atom. The van der Waals surface area contributed by atoms with E-state index in [0.29, 0.717) is 9.92 Å². The normalized spacial score (nSPS) is 25.2. The van der Waals surface area contributed by atoms with Crippen molar-refractivity contribution in [2.45, 2.75) is 80.0 Å². The van der Waals surface area contributed by atoms with Crippen molar-refractivity contribution < 1.29 is 17.9 Å². The minimum atomic E-state index is -3.64. The highest BCUT2D eigenvalue weighted by Crippen LogP contribution is 2.49. The predicted octanol–water partition coefficient (Wildman–Crippen LogP) is 5.32. The molecule has 30 heavy (non-hydrogen) atoms. The maximum absolute atomic E-state index is 13.6. The summed E-state index contributed by atoms with van der Waals surface area (Å²) in [5.74, 6) is -0.788. The summed E-state index contributed by atoms with van der Waals surface area (Å²) in [4.78, 5) is 4.64. The molecule has 2 aromatic rings. The summed E-state index contributed by atoms with van der Waals surface area (Å²) in [6.07, 6.45) is 1.68. The van der Waals surface area contributed by atoms with Gasteiger partial charge in [0, 0.05) is 12.6 Å². The summed E-state index contributed by atoms with van der Waals surface area (Å²) in [6, 6.07) is 14.1. The lowest BCUT2D eigenvalue weighted by Gasteiger charge is -2.38. The van der Waals surface area contributed by atoms with Crippen LogP contribution in [-0.4, -0.2) is 35.5 Å². The van der Waals surface area contributed by atoms with Gasteiger partial charge in [0.1, 0.15) is 4.58 Å². The zero-order chi connectivity index (χ0) is 22.2. The van der Waals surface area contributed by atoms with Crippen molar-refractivity contribution in [3.63, 3.8) is 0 Å². The van der Waals surface area contributed by atoms with Crippen molar-refractivity contribution in [3.8, 4) is 0 Å². The molecule has 1 aromatic heterocycles. The monoisotopic (exact) mass is 449 g/mol. The van der Waals surface area contributed by atoms with Crippen molar-refractivity contribution in [1.82, 2.24) is 4.98 Å². The van der Waals surface area contributed by atoms with E-state index < -0.39 is 25.8 Å². The highest BCUT2D eigenvalue weighted by molar-refractivity contribution is 8.13. The van der Waals surface area contributed by atoms with Gasteiger partial charge >= 0.3 is 0 Å². The number of hydrogen-bond donors (Lipinski definition) is 0. The van der Waals surface area contributed by atoms with Gasteiger partial charge in [-0.3, -0.25) is 0 Å². The van der Waals surface area contributed by atoms with Gasteiger partial charge in [0.2, 0.25) is 0 Å². The number of nitrogens with zero attached hydrogens (tertiary/aromatic N) is 1. The highest BCUT2D eigenvalue weighted by atomic mass is 32.3. The van der Waals surface area contributed by atoms with Gasteiger partial charge in [0.25, 0.3) is 0 Å². The van der Waals surface area contributed by atoms with Crippen molar-refractivity contribution >= 4 is 21.6 Å². The van der Waals surface area contributed by atoms with Gasteiger partial charge in [-0.05, 0) is 50.5 Å². The molecule has 0 bridgehead atoms. The molecule has 0 radical (unpaired) electrons. The summed E-state index contributed by atoms with van der Waals surface area (Å²) in [7, 11) is -3.64. The van der Waals surface area contributed by atoms with Crippen LogP contribution in [0.5, 0.6) is 0 Å². The van der Waals surface area contributed by atoms with Crippen molar-refractivity contribution in [1.29, 1.82) is 0 Å². The second kappa shape index (κ2) is 8.26. The third-order valence-electron chi connectivity index (χ3n) is 5.10. The Labute approximate surface area is 184 Å². The Morgan fingerprint density at radius 1 is 1.07 bits per heavy atom. The van der Waals surface area contributed by atoms with Crippen LogP contribution in [0.2, 0.25) is 0 Å². The van der Waals surface area contributed by atoms with Gasteiger partial charge in [-0.25, -0.2) is 13.4 Å². The maximum Gasteiger partial charge on any atom is 0.191 e. The Morgan fingerprint density at radius 3 is 2.27 bits per heavy atom. The first-order valence-electron chi connectivity index (χ1n) is 10.1. The van der Waals surface area contributed by atoms with E-state index in [2.05, 4.69) is 25.8 Å². The molecule has 3 atom stereocenters. The largest absolute Gasteiger partial charge is 0.344 e. The van der Waals surface area contributed by atoms with Crippen LogP contribution in [0.25, 0.3) is 0 Å². The van der Waals surface area contributed by atoms with Gasteiger partial charge in [-0.15, -0.1) is 0 Å². The first-order chi connectivity index (χ1) is 13.8. The fraction of sp³-hybridized carbons (Fsp3) is 0.522. The first kappa shape index (κ1) is 23.3. The van der Waals surface area contributed by atoms with Crippen LogP contribution in [0.1, 0.15) is 48.0 Å². The fourth-order valence-corrected chi connectivity index (χ4v) is 7.64. The zero-order valence-corrected chi connectivity index (χ0v) is 20.1. The Balaban J connectivity index is 2.02. The second-order valence-corrected chi connectivity index (χ2v) is 13.1. The molecule has 1 aromatic carbocycles. The topological polar surface area (TPSA) is 65.5 Å². The van der Waals surface area contributed by atoms with Crippen LogP contribution in [0.3, 0.4) is 0 Å². The van der Waals surface area contributed by atoms with Gasteiger partial charge in [-0.2, -0.15) is 0 Å². The SMILES string of the molecule is CC1(C)OC(C(C)(C)C)C(C)(CC(Sc2ccccn2)S(=O)(=O)c2ccccc2)O1.